The molecule has 0 aromatic carbocycles. The van der Waals surface area contributed by atoms with Gasteiger partial charge in [-0.2, -0.15) is 0 Å². The van der Waals surface area contributed by atoms with Gasteiger partial charge in [0.25, 0.3) is 0 Å². The van der Waals surface area contributed by atoms with Gasteiger partial charge in [0, 0.05) is 12.6 Å². The second-order valence-corrected chi connectivity index (χ2v) is 5.97. The third-order valence-electron chi connectivity index (χ3n) is 4.90. The first-order valence-corrected chi connectivity index (χ1v) is 7.45. The highest BCUT2D eigenvalue weighted by Crippen LogP contribution is 2.46. The Morgan fingerprint density at radius 2 is 2.10 bits per heavy atom. The highest BCUT2D eigenvalue weighted by molar-refractivity contribution is 6.09. The minimum atomic E-state index is -0.770. The summed E-state index contributed by atoms with van der Waals surface area (Å²) in [6.07, 6.45) is 4.86. The molecule has 0 radical (unpaired) electrons. The average Bonchev–Trinajstić information content (AvgIpc) is 3.28. The summed E-state index contributed by atoms with van der Waals surface area (Å²) < 4.78 is 5.91. The number of nitrogens with zero attached hydrogens (tertiary/aromatic N) is 1. The molecule has 1 amide bonds. The molecule has 0 spiro atoms. The van der Waals surface area contributed by atoms with Gasteiger partial charge in [-0.25, -0.2) is 0 Å². The van der Waals surface area contributed by atoms with Crippen LogP contribution in [0.1, 0.15) is 52.4 Å². The fraction of sp³-hybridized carbons (Fsp3) is 0.857. The van der Waals surface area contributed by atoms with Gasteiger partial charge in [-0.15, -0.1) is 0 Å². The summed E-state index contributed by atoms with van der Waals surface area (Å²) in [4.78, 5) is 12.4. The predicted molar refractivity (Wildman–Crippen MR) is 75.5 cm³/mol. The van der Waals surface area contributed by atoms with E-state index in [1.807, 2.05) is 0 Å². The Bertz CT molecular complexity index is 400. The monoisotopic (exact) mass is 283 g/mol. The highest BCUT2D eigenvalue weighted by atomic mass is 16.5. The lowest BCUT2D eigenvalue weighted by Gasteiger charge is -2.40. The third kappa shape index (κ3) is 2.61. The number of carbonyl (C=O) groups is 1. The lowest BCUT2D eigenvalue weighted by molar-refractivity contribution is -0.128. The van der Waals surface area contributed by atoms with Crippen LogP contribution in [0.5, 0.6) is 0 Å². The van der Waals surface area contributed by atoms with Crippen molar-refractivity contribution < 1.29 is 14.7 Å². The zero-order chi connectivity index (χ0) is 14.8. The maximum absolute atomic E-state index is 12.4. The third-order valence-corrected chi connectivity index (χ3v) is 4.90. The fourth-order valence-corrected chi connectivity index (χ4v) is 3.04. The van der Waals surface area contributed by atoms with E-state index >= 15 is 0 Å². The van der Waals surface area contributed by atoms with Crippen molar-refractivity contribution in [2.24, 2.45) is 16.3 Å². The van der Waals surface area contributed by atoms with E-state index in [2.05, 4.69) is 24.3 Å². The maximum Gasteiger partial charge on any atom is 0.234 e. The Hall–Kier alpha value is -1.30. The zero-order valence-corrected chi connectivity index (χ0v) is 12.3. The number of oxime groups is 1. The van der Waals surface area contributed by atoms with E-state index in [9.17, 15) is 4.79 Å². The Balaban J connectivity index is 1.98. The quantitative estimate of drug-likeness (QED) is 0.307. The molecule has 0 aromatic rings. The van der Waals surface area contributed by atoms with Crippen LogP contribution in [0.2, 0.25) is 0 Å². The molecule has 1 saturated heterocycles. The van der Waals surface area contributed by atoms with Gasteiger partial charge in [0.2, 0.25) is 5.91 Å². The fourth-order valence-electron chi connectivity index (χ4n) is 3.04. The second-order valence-electron chi connectivity index (χ2n) is 5.97. The molecule has 4 N–H and O–H groups in total. The van der Waals surface area contributed by atoms with E-state index in [-0.39, 0.29) is 23.4 Å². The normalized spacial score (nSPS) is 27.9. The topological polar surface area (TPSA) is 96.9 Å². The van der Waals surface area contributed by atoms with E-state index in [4.69, 9.17) is 15.7 Å². The zero-order valence-electron chi connectivity index (χ0n) is 12.3. The first-order valence-electron chi connectivity index (χ1n) is 7.45. The summed E-state index contributed by atoms with van der Waals surface area (Å²) >= 11 is 0. The molecule has 1 atom stereocenters. The predicted octanol–water partition coefficient (Wildman–Crippen LogP) is 1.37. The van der Waals surface area contributed by atoms with Crippen LogP contribution in [-0.4, -0.2) is 35.2 Å². The molecule has 2 rings (SSSR count). The SMILES string of the molecule is CCC1(CC)CC(NC(=O)C2(C(N)=NO)CC2)CCO1. The lowest BCUT2D eigenvalue weighted by Crippen LogP contribution is -2.51. The number of amidine groups is 1. The van der Waals surface area contributed by atoms with Gasteiger partial charge in [-0.05, 0) is 38.5 Å². The van der Waals surface area contributed by atoms with Gasteiger partial charge >= 0.3 is 0 Å². The van der Waals surface area contributed by atoms with Gasteiger partial charge in [0.1, 0.15) is 5.41 Å². The lowest BCUT2D eigenvalue weighted by atomic mass is 9.85. The van der Waals surface area contributed by atoms with Crippen LogP contribution in [0.4, 0.5) is 0 Å². The van der Waals surface area contributed by atoms with Crippen molar-refractivity contribution in [3.8, 4) is 0 Å². The van der Waals surface area contributed by atoms with Crippen LogP contribution < -0.4 is 11.1 Å². The molecule has 6 heteroatoms. The van der Waals surface area contributed by atoms with Crippen LogP contribution >= 0.6 is 0 Å². The molecule has 1 unspecified atom stereocenters. The first-order chi connectivity index (χ1) is 9.52. The van der Waals surface area contributed by atoms with Gasteiger partial charge in [-0.3, -0.25) is 4.79 Å². The number of hydrogen-bond donors (Lipinski definition) is 3. The van der Waals surface area contributed by atoms with Gasteiger partial charge in [0.15, 0.2) is 5.84 Å². The standard InChI is InChI=1S/C14H25N3O3/c1-3-13(4-2)9-10(5-8-20-13)16-12(18)14(6-7-14)11(15)17-19/h10,19H,3-9H2,1-2H3,(H2,15,17)(H,16,18). The molecule has 0 aromatic heterocycles. The summed E-state index contributed by atoms with van der Waals surface area (Å²) in [5, 5.41) is 14.9. The summed E-state index contributed by atoms with van der Waals surface area (Å²) in [6.45, 7) is 4.90. The van der Waals surface area contributed by atoms with Crippen LogP contribution in [-0.2, 0) is 9.53 Å². The molecule has 1 saturated carbocycles. The number of hydrogen-bond acceptors (Lipinski definition) is 4. The number of rotatable bonds is 5. The van der Waals surface area contributed by atoms with Crippen molar-refractivity contribution in [2.75, 3.05) is 6.61 Å². The van der Waals surface area contributed by atoms with Crippen molar-refractivity contribution in [1.29, 1.82) is 0 Å². The average molecular weight is 283 g/mol. The van der Waals surface area contributed by atoms with E-state index < -0.39 is 5.41 Å². The van der Waals surface area contributed by atoms with Crippen LogP contribution in [0, 0.1) is 5.41 Å². The molecular weight excluding hydrogens is 258 g/mol. The highest BCUT2D eigenvalue weighted by Gasteiger charge is 2.54. The number of amides is 1. The number of nitrogens with two attached hydrogens (primary N) is 1. The van der Waals surface area contributed by atoms with Crippen molar-refractivity contribution >= 4 is 11.7 Å². The van der Waals surface area contributed by atoms with Crippen LogP contribution in [0.25, 0.3) is 0 Å². The number of nitrogens with one attached hydrogen (secondary N) is 1. The summed E-state index contributed by atoms with van der Waals surface area (Å²) in [5.74, 6) is -0.0832. The summed E-state index contributed by atoms with van der Waals surface area (Å²) in [6, 6.07) is 0.111. The molecule has 114 valence electrons. The molecule has 2 aliphatic rings. The second kappa shape index (κ2) is 5.60. The summed E-state index contributed by atoms with van der Waals surface area (Å²) in [5.41, 5.74) is 4.75. The number of ether oxygens (including phenoxy) is 1. The molecule has 1 aliphatic heterocycles. The minimum Gasteiger partial charge on any atom is -0.409 e. The van der Waals surface area contributed by atoms with Crippen LogP contribution in [0.3, 0.4) is 0 Å². The van der Waals surface area contributed by atoms with Gasteiger partial charge in [0.05, 0.1) is 5.60 Å². The van der Waals surface area contributed by atoms with E-state index in [1.165, 1.54) is 0 Å². The van der Waals surface area contributed by atoms with Crippen molar-refractivity contribution in [1.82, 2.24) is 5.32 Å². The van der Waals surface area contributed by atoms with Crippen molar-refractivity contribution in [3.63, 3.8) is 0 Å². The van der Waals surface area contributed by atoms with Gasteiger partial charge < -0.3 is 21.0 Å². The smallest absolute Gasteiger partial charge is 0.234 e. The molecule has 20 heavy (non-hydrogen) atoms. The molecule has 1 aliphatic carbocycles. The minimum absolute atomic E-state index is 0.0271. The maximum atomic E-state index is 12.4. The van der Waals surface area contributed by atoms with E-state index in [0.29, 0.717) is 19.4 Å². The Labute approximate surface area is 119 Å². The summed E-state index contributed by atoms with van der Waals surface area (Å²) in [7, 11) is 0. The Morgan fingerprint density at radius 3 is 2.60 bits per heavy atom. The largest absolute Gasteiger partial charge is 0.409 e. The van der Waals surface area contributed by atoms with Crippen molar-refractivity contribution in [2.45, 2.75) is 64.0 Å². The van der Waals surface area contributed by atoms with Crippen molar-refractivity contribution in [3.05, 3.63) is 0 Å². The molecular formula is C14H25N3O3. The Kier molecular flexibility index (Phi) is 4.22. The van der Waals surface area contributed by atoms with E-state index in [1.54, 1.807) is 0 Å². The molecule has 6 nitrogen and oxygen atoms in total. The molecule has 1 heterocycles. The van der Waals surface area contributed by atoms with Crippen LogP contribution in [0.15, 0.2) is 5.16 Å². The van der Waals surface area contributed by atoms with E-state index in [0.717, 1.165) is 25.7 Å². The Morgan fingerprint density at radius 1 is 1.45 bits per heavy atom. The number of carbonyl (C=O) groups excluding carboxylic acids is 1. The van der Waals surface area contributed by atoms with Gasteiger partial charge in [-0.1, -0.05) is 19.0 Å². The first kappa shape index (κ1) is 15.1. The molecule has 2 fully saturated rings. The molecule has 0 bridgehead atoms.